The van der Waals surface area contributed by atoms with Crippen molar-refractivity contribution < 1.29 is 23.7 Å². The van der Waals surface area contributed by atoms with Gasteiger partial charge in [-0.05, 0) is 284 Å². The lowest BCUT2D eigenvalue weighted by molar-refractivity contribution is 0.174. The maximum absolute atomic E-state index is 5.71. The molecule has 2 N–H and O–H groups in total. The van der Waals surface area contributed by atoms with Gasteiger partial charge in [-0.25, -0.2) is 0 Å². The minimum Gasteiger partial charge on any atom is -0.497 e. The molecule has 0 atom stereocenters. The predicted molar refractivity (Wildman–Crippen MR) is 594 cm³/mol. The van der Waals surface area contributed by atoms with Crippen molar-refractivity contribution in [1.29, 1.82) is 0 Å². The van der Waals surface area contributed by atoms with Gasteiger partial charge in [0.15, 0.2) is 11.5 Å². The Labute approximate surface area is 833 Å². The summed E-state index contributed by atoms with van der Waals surface area (Å²) in [6.07, 6.45) is 12.0. The van der Waals surface area contributed by atoms with Gasteiger partial charge in [-0.2, -0.15) is 5.10 Å². The van der Waals surface area contributed by atoms with E-state index >= 15 is 0 Å². The first-order valence-corrected chi connectivity index (χ1v) is 50.4. The molecule has 8 nitrogen and oxygen atoms in total. The normalized spacial score (nSPS) is 11.2. The highest BCUT2D eigenvalue weighted by atomic mass is 79.9. The number of aromatic nitrogens is 2. The van der Waals surface area contributed by atoms with E-state index in [0.29, 0.717) is 66.0 Å². The number of hydrogen-bond donors (Lipinski definition) is 2. The first-order chi connectivity index (χ1) is 65.8. The van der Waals surface area contributed by atoms with Crippen LogP contribution in [0.1, 0.15) is 307 Å². The van der Waals surface area contributed by atoms with E-state index in [1.807, 2.05) is 97.2 Å². The number of nitrogens with zero attached hydrogens (tertiary/aromatic N) is 1. The monoisotopic (exact) mass is 1890 g/mol. The number of hydrogen-bond acceptors (Lipinski definition) is 7. The summed E-state index contributed by atoms with van der Waals surface area (Å²) in [6, 6.07) is 116. The van der Waals surface area contributed by atoms with Crippen molar-refractivity contribution in [2.45, 2.75) is 245 Å². The van der Waals surface area contributed by atoms with E-state index < -0.39 is 0 Å². The summed E-state index contributed by atoms with van der Waals surface area (Å²) in [4.78, 5) is 0. The number of H-pyrrole nitrogens is 1. The van der Waals surface area contributed by atoms with E-state index in [1.54, 1.807) is 7.11 Å². The molecule has 0 spiro atoms. The third-order valence-corrected chi connectivity index (χ3v) is 24.0. The van der Waals surface area contributed by atoms with E-state index in [0.717, 1.165) is 77.3 Å². The Kier molecular flexibility index (Phi) is 47.2. The number of anilines is 2. The van der Waals surface area contributed by atoms with Crippen molar-refractivity contribution in [3.05, 3.63) is 433 Å². The van der Waals surface area contributed by atoms with Crippen LogP contribution >= 0.6 is 15.9 Å². The molecule has 0 saturated carbocycles. The van der Waals surface area contributed by atoms with Crippen LogP contribution in [0.25, 0.3) is 34.2 Å². The third kappa shape index (κ3) is 39.7. The van der Waals surface area contributed by atoms with E-state index in [1.165, 1.54) is 123 Å². The minimum absolute atomic E-state index is 0.362. The highest BCUT2D eigenvalue weighted by Crippen LogP contribution is 2.39. The first kappa shape index (κ1) is 110. The molecule has 15 aromatic rings. The Bertz CT molecular complexity index is 5810. The fourth-order valence-corrected chi connectivity index (χ4v) is 15.4. The lowest BCUT2D eigenvalue weighted by atomic mass is 9.97. The molecule has 0 amide bonds. The number of fused-ring (bicyclic) bond motifs is 5. The van der Waals surface area contributed by atoms with Gasteiger partial charge in [-0.15, -0.1) is 0 Å². The smallest absolute Gasteiger partial charge is 0.231 e. The Morgan fingerprint density at radius 2 is 0.803 bits per heavy atom. The SMILES string of the molecule is CC(C)Cc1ccc2c(c1)OCO2.CC(C)c1ccc(/C=C/c2ccccc2)cc1.CC(C)c1ccc(Nc2ccccc2)cc1.CC(C)c1ccc(Oc2ccccc2)cc1.CC(C)c1ccc2c(c1)Cc1ccccc1-2.CC(C)c1ccc2cn[nH]c2c1.CC(C)c1cccc(Br)c1.CCCCCOc1ccc(C(C)C)cc1.COc1ccc(C(C)C)cc1.Cc1cc(C)cc(C(C)C)c1. The molecule has 1 aromatic heterocycles. The highest BCUT2D eigenvalue weighted by Gasteiger charge is 2.19. The average molecular weight is 1900 g/mol. The maximum Gasteiger partial charge on any atom is 0.231 e. The van der Waals surface area contributed by atoms with Crippen molar-refractivity contribution >= 4 is 50.4 Å². The number of aromatic amines is 1. The molecular weight excluding hydrogens is 1740 g/mol. The zero-order chi connectivity index (χ0) is 99.1. The number of aryl methyl sites for hydroxylation is 2. The Morgan fingerprint density at radius 3 is 1.32 bits per heavy atom. The molecule has 2 heterocycles. The van der Waals surface area contributed by atoms with Crippen LogP contribution in [0.4, 0.5) is 11.4 Å². The van der Waals surface area contributed by atoms with Gasteiger partial charge in [0.25, 0.3) is 0 Å². The Morgan fingerprint density at radius 1 is 0.365 bits per heavy atom. The van der Waals surface area contributed by atoms with Gasteiger partial charge in [-0.1, -0.05) is 428 Å². The molecule has 1 aliphatic heterocycles. The summed E-state index contributed by atoms with van der Waals surface area (Å²) < 4.78 is 28.1. The van der Waals surface area contributed by atoms with Crippen molar-refractivity contribution in [2.24, 2.45) is 5.92 Å². The zero-order valence-corrected chi connectivity index (χ0v) is 88.2. The van der Waals surface area contributed by atoms with Crippen LogP contribution in [-0.2, 0) is 12.8 Å². The molecule has 14 aromatic carbocycles. The average Bonchev–Trinajstić information content (AvgIpc) is 1.63. The molecule has 0 fully saturated rings. The van der Waals surface area contributed by atoms with Crippen LogP contribution in [0.5, 0.6) is 34.5 Å². The van der Waals surface area contributed by atoms with Crippen LogP contribution < -0.4 is 29.0 Å². The van der Waals surface area contributed by atoms with Crippen molar-refractivity contribution in [2.75, 3.05) is 25.8 Å². The summed E-state index contributed by atoms with van der Waals surface area (Å²) in [6.45, 7) is 51.9. The lowest BCUT2D eigenvalue weighted by Crippen LogP contribution is -1.97. The van der Waals surface area contributed by atoms with Gasteiger partial charge in [0.05, 0.1) is 25.4 Å². The van der Waals surface area contributed by atoms with Crippen molar-refractivity contribution in [3.8, 4) is 45.6 Å². The van der Waals surface area contributed by atoms with Gasteiger partial charge in [0.1, 0.15) is 23.0 Å². The summed E-state index contributed by atoms with van der Waals surface area (Å²) in [5.41, 5.74) is 28.2. The molecule has 0 unspecified atom stereocenters. The van der Waals surface area contributed by atoms with Crippen molar-refractivity contribution in [3.63, 3.8) is 0 Å². The van der Waals surface area contributed by atoms with Crippen LogP contribution in [-0.4, -0.2) is 30.7 Å². The summed E-state index contributed by atoms with van der Waals surface area (Å²) in [7, 11) is 1.68. The van der Waals surface area contributed by atoms with Gasteiger partial charge in [-0.3, -0.25) is 5.10 Å². The van der Waals surface area contributed by atoms with Crippen molar-refractivity contribution in [1.82, 2.24) is 10.2 Å². The Hall–Kier alpha value is -12.4. The third-order valence-electron chi connectivity index (χ3n) is 23.5. The second-order valence-corrected chi connectivity index (χ2v) is 39.4. The molecule has 0 radical (unpaired) electrons. The molecule has 9 heteroatoms. The highest BCUT2D eigenvalue weighted by molar-refractivity contribution is 9.10. The number of ether oxygens (including phenoxy) is 5. The van der Waals surface area contributed by atoms with E-state index in [2.05, 4.69) is 445 Å². The molecule has 2 aliphatic rings. The number of unbranched alkanes of at least 4 members (excludes halogenated alkanes) is 2. The van der Waals surface area contributed by atoms with Gasteiger partial charge in [0, 0.05) is 21.2 Å². The van der Waals surface area contributed by atoms with Crippen LogP contribution in [0.3, 0.4) is 0 Å². The molecule has 0 bridgehead atoms. The number of methoxy groups -OCH3 is 1. The van der Waals surface area contributed by atoms with E-state index in [-0.39, 0.29) is 0 Å². The minimum atomic E-state index is 0.362. The molecule has 0 saturated heterocycles. The molecule has 137 heavy (non-hydrogen) atoms. The lowest BCUT2D eigenvalue weighted by Gasteiger charge is -2.09. The zero-order valence-electron chi connectivity index (χ0n) is 86.6. The number of nitrogens with one attached hydrogen (secondary N) is 2. The topological polar surface area (TPSA) is 86.9 Å². The molecular formula is C128H156BrN3O5. The number of benzene rings is 14. The Balaban J connectivity index is 0.000000188. The maximum atomic E-state index is 5.71. The summed E-state index contributed by atoms with van der Waals surface area (Å²) >= 11 is 3.43. The fraction of sp³-hybridized carbons (Fsp3) is 0.320. The number of rotatable bonds is 23. The molecule has 720 valence electrons. The van der Waals surface area contributed by atoms with Gasteiger partial charge < -0.3 is 29.0 Å². The molecule has 17 rings (SSSR count). The largest absolute Gasteiger partial charge is 0.497 e. The predicted octanol–water partition coefficient (Wildman–Crippen LogP) is 38.0. The molecule has 1 aliphatic carbocycles. The second-order valence-electron chi connectivity index (χ2n) is 38.5. The van der Waals surface area contributed by atoms with Gasteiger partial charge >= 0.3 is 0 Å². The van der Waals surface area contributed by atoms with E-state index in [9.17, 15) is 0 Å². The summed E-state index contributed by atoms with van der Waals surface area (Å²) in [5, 5.41) is 11.5. The quantitative estimate of drug-likeness (QED) is 0.0487. The second kappa shape index (κ2) is 58.9. The fourth-order valence-electron chi connectivity index (χ4n) is 15.0. The summed E-state index contributed by atoms with van der Waals surface area (Å²) in [5.74, 6) is 11.5. The number of halogens is 1. The van der Waals surface area contributed by atoms with Gasteiger partial charge in [0.2, 0.25) is 6.79 Å². The van der Waals surface area contributed by atoms with E-state index in [4.69, 9.17) is 23.7 Å². The standard InChI is InChI=1S/C17H18.C16H16.C15H17N.C15H16O.C14H22O.C11H14O2.C11H16.C10H12N2.C10H14O.C9H11Br/c1-14(2)17-12-10-16(11-13-17)9-8-15-6-4-3-5-7-15;1-11(2)12-7-8-16-14(9-12)10-13-5-3-4-6-15(13)16;2*1-12(2)13-8-10-15(11-9-13)16-14-6-4-3-5-7-14;1-4-5-6-11-15-14-9-7-13(8-10-14)12(2)3;1-8(2)5-9-3-4-10-11(6-9)13-7-12-10;1-8(2)11-6-9(3)5-10(4)7-11;1-7(2)8-3-4-9-6-11-12-10(9)5-8;1-8(2)9-4-6-10(11-3)7-5-9;1-7(2)8-4-3-5-9(10)6-8/h3-14H,1-2H3;3-9,11H,10H2,1-2H3;3-12,16H,1-2H3;3-12H,1-2H3;7-10,12H,4-6,11H2,1-3H3;3-4,6,8H,5,7H2,1-2H3;5-8H,1-4H3;3-7H,1-2H3,(H,11,12);4-8H,1-3H3;3-7H,1-2H3/b9-8+;;;;;;;;;. The van der Waals surface area contributed by atoms with Crippen LogP contribution in [0.15, 0.2) is 344 Å². The first-order valence-electron chi connectivity index (χ1n) is 49.6. The van der Waals surface area contributed by atoms with Crippen LogP contribution in [0.2, 0.25) is 0 Å². The van der Waals surface area contributed by atoms with Crippen LogP contribution in [0, 0.1) is 19.8 Å². The number of para-hydroxylation sites is 2.